The van der Waals surface area contributed by atoms with Gasteiger partial charge in [-0.1, -0.05) is 102 Å². The normalized spacial score (nSPS) is 18.7. The number of hydrogen-bond donors (Lipinski definition) is 0. The van der Waals surface area contributed by atoms with Crippen molar-refractivity contribution in [1.29, 1.82) is 0 Å². The Balaban J connectivity index is 1.09. The predicted octanol–water partition coefficient (Wildman–Crippen LogP) is 13.9. The molecule has 10 rings (SSSR count). The Labute approximate surface area is 329 Å². The van der Waals surface area contributed by atoms with E-state index in [9.17, 15) is 0 Å². The zero-order valence-corrected chi connectivity index (χ0v) is 33.2. The first kappa shape index (κ1) is 34.5. The lowest BCUT2D eigenvalue weighted by molar-refractivity contribution is 0.422. The molecule has 276 valence electrons. The third-order valence-electron chi connectivity index (χ3n) is 12.0. The maximum atomic E-state index is 6.96. The highest BCUT2D eigenvalue weighted by Gasteiger charge is 2.78. The van der Waals surface area contributed by atoms with Crippen molar-refractivity contribution in [3.63, 3.8) is 0 Å². The molecule has 0 radical (unpaired) electrons. The van der Waals surface area contributed by atoms with Gasteiger partial charge in [-0.2, -0.15) is 9.18 Å². The highest BCUT2D eigenvalue weighted by atomic mass is 16.5. The van der Waals surface area contributed by atoms with E-state index in [1.807, 2.05) is 6.20 Å². The van der Waals surface area contributed by atoms with Crippen LogP contribution in [-0.4, -0.2) is 9.55 Å². The number of benzene rings is 6. The number of rotatable bonds is 6. The average molecular weight is 732 g/mol. The number of fused-ring (bicyclic) bond motifs is 7. The second-order valence-corrected chi connectivity index (χ2v) is 17.6. The van der Waals surface area contributed by atoms with E-state index >= 15 is 0 Å². The van der Waals surface area contributed by atoms with Gasteiger partial charge in [-0.25, -0.2) is 4.98 Å². The van der Waals surface area contributed by atoms with Gasteiger partial charge in [-0.3, -0.25) is 4.57 Å². The van der Waals surface area contributed by atoms with Gasteiger partial charge in [0, 0.05) is 59.4 Å². The van der Waals surface area contributed by atoms with E-state index in [0.717, 1.165) is 28.4 Å². The second kappa shape index (κ2) is 12.0. The van der Waals surface area contributed by atoms with Crippen molar-refractivity contribution in [3.05, 3.63) is 175 Å². The molecular weight excluding hydrogens is 685 g/mol. The van der Waals surface area contributed by atoms with Crippen molar-refractivity contribution in [3.8, 4) is 28.4 Å². The molecule has 2 aromatic heterocycles. The minimum atomic E-state index is -0.101. The summed E-state index contributed by atoms with van der Waals surface area (Å²) in [4.78, 5) is 4.90. The van der Waals surface area contributed by atoms with Crippen molar-refractivity contribution in [2.45, 2.75) is 59.3 Å². The van der Waals surface area contributed by atoms with E-state index in [-0.39, 0.29) is 10.8 Å². The summed E-state index contributed by atoms with van der Waals surface area (Å²) in [6.07, 6.45) is 1.93. The Morgan fingerprint density at radius 3 is 1.96 bits per heavy atom. The molecular formula is C51H47N4O+. The van der Waals surface area contributed by atoms with Crippen LogP contribution in [0.3, 0.4) is 0 Å². The SMILES string of the molecule is Cc1cc([N@+]23[CH-][N+]2(c2cc(Oc4ccc5c6ccccc6n(-c6cc(C(C)(C)C)ccn6)c5c4)cc(C(C)(C)C)c2)c2ccccc23)ccc1-c1ccccc1. The summed E-state index contributed by atoms with van der Waals surface area (Å²) < 4.78 is 10.5. The van der Waals surface area contributed by atoms with Crippen LogP contribution >= 0.6 is 0 Å². The van der Waals surface area contributed by atoms with Crippen LogP contribution in [0.2, 0.25) is 0 Å². The molecule has 1 fully saturated rings. The molecule has 4 heterocycles. The fourth-order valence-electron chi connectivity index (χ4n) is 8.93. The summed E-state index contributed by atoms with van der Waals surface area (Å²) in [5, 5.41) is 2.37. The molecule has 5 heteroatoms. The third-order valence-corrected chi connectivity index (χ3v) is 12.0. The fraction of sp³-hybridized carbons (Fsp3) is 0.176. The Morgan fingerprint density at radius 2 is 1.23 bits per heavy atom. The molecule has 6 aromatic carbocycles. The van der Waals surface area contributed by atoms with Gasteiger partial charge < -0.3 is 4.74 Å². The topological polar surface area (TPSA) is 27.1 Å². The smallest absolute Gasteiger partial charge is 0.225 e. The summed E-state index contributed by atoms with van der Waals surface area (Å²) >= 11 is 0. The quantitative estimate of drug-likeness (QED) is 0.0967. The maximum absolute atomic E-state index is 6.96. The molecule has 0 aliphatic carbocycles. The van der Waals surface area contributed by atoms with E-state index < -0.39 is 0 Å². The highest BCUT2D eigenvalue weighted by Crippen LogP contribution is 2.75. The largest absolute Gasteiger partial charge is 0.457 e. The van der Waals surface area contributed by atoms with E-state index in [0.29, 0.717) is 9.18 Å². The van der Waals surface area contributed by atoms with E-state index in [1.54, 1.807) is 0 Å². The van der Waals surface area contributed by atoms with Crippen LogP contribution in [0.1, 0.15) is 58.2 Å². The molecule has 0 amide bonds. The maximum Gasteiger partial charge on any atom is 0.225 e. The number of aromatic nitrogens is 2. The van der Waals surface area contributed by atoms with Gasteiger partial charge in [-0.05, 0) is 88.0 Å². The first-order chi connectivity index (χ1) is 26.9. The molecule has 0 N–H and O–H groups in total. The first-order valence-corrected chi connectivity index (χ1v) is 19.6. The molecule has 0 spiro atoms. The molecule has 56 heavy (non-hydrogen) atoms. The summed E-state index contributed by atoms with van der Waals surface area (Å²) in [5.41, 5.74) is 13.4. The van der Waals surface area contributed by atoms with Gasteiger partial charge in [0.1, 0.15) is 17.3 Å². The lowest BCUT2D eigenvalue weighted by Crippen LogP contribution is -2.46. The molecule has 0 saturated carbocycles. The summed E-state index contributed by atoms with van der Waals surface area (Å²) in [6, 6.07) is 52.8. The standard InChI is InChI=1S/C51H47N4O/c1-34-27-38(21-23-42(34)35-15-9-8-10-16-35)54-33-55(54,48-20-14-13-19-47(48)54)39-28-37(51(5,6)7)29-41(31-39)56-40-22-24-44-43-17-11-12-18-45(43)53(46(44)32-40)49-30-36(25-26-52-49)50(2,3)4/h8-33H,1-7H3/q+1/t54-,55?/m0/s1. The van der Waals surface area contributed by atoms with E-state index in [1.165, 1.54) is 61.3 Å². The van der Waals surface area contributed by atoms with Gasteiger partial charge in [0.2, 0.25) is 11.4 Å². The summed E-state index contributed by atoms with van der Waals surface area (Å²) in [6.45, 7) is 18.3. The average Bonchev–Trinajstić information content (AvgIpc) is 3.68. The van der Waals surface area contributed by atoms with Gasteiger partial charge >= 0.3 is 0 Å². The molecule has 1 saturated heterocycles. The summed E-state index contributed by atoms with van der Waals surface area (Å²) in [7, 11) is 0. The van der Waals surface area contributed by atoms with E-state index in [4.69, 9.17) is 9.72 Å². The van der Waals surface area contributed by atoms with Crippen LogP contribution in [0.25, 0.3) is 38.8 Å². The van der Waals surface area contributed by atoms with Gasteiger partial charge in [0.15, 0.2) is 18.0 Å². The minimum absolute atomic E-state index is 0.000799. The Morgan fingerprint density at radius 1 is 0.554 bits per heavy atom. The lowest BCUT2D eigenvalue weighted by atomic mass is 9.86. The molecule has 2 aliphatic rings. The van der Waals surface area contributed by atoms with Crippen molar-refractivity contribution in [1.82, 2.24) is 18.7 Å². The molecule has 0 bridgehead atoms. The van der Waals surface area contributed by atoms with Crippen molar-refractivity contribution >= 4 is 44.6 Å². The summed E-state index contributed by atoms with van der Waals surface area (Å²) in [5.74, 6) is 2.52. The predicted molar refractivity (Wildman–Crippen MR) is 233 cm³/mol. The molecule has 8 aromatic rings. The minimum Gasteiger partial charge on any atom is -0.457 e. The van der Waals surface area contributed by atoms with Crippen molar-refractivity contribution in [2.24, 2.45) is 0 Å². The number of pyridine rings is 1. The van der Waals surface area contributed by atoms with Crippen molar-refractivity contribution in [2.75, 3.05) is 0 Å². The Kier molecular flexibility index (Phi) is 7.38. The van der Waals surface area contributed by atoms with Crippen molar-refractivity contribution < 1.29 is 4.74 Å². The number of hydrogen-bond acceptors (Lipinski definition) is 2. The number of ether oxygens (including phenoxy) is 1. The zero-order chi connectivity index (χ0) is 38.6. The highest BCUT2D eigenvalue weighted by molar-refractivity contribution is 6.09. The van der Waals surface area contributed by atoms with Crippen LogP contribution in [0.4, 0.5) is 22.7 Å². The molecule has 2 atom stereocenters. The molecule has 5 nitrogen and oxygen atoms in total. The van der Waals surface area contributed by atoms with Crippen LogP contribution < -0.4 is 13.9 Å². The monoisotopic (exact) mass is 731 g/mol. The number of quaternary nitrogens is 2. The van der Waals surface area contributed by atoms with Crippen LogP contribution in [0.5, 0.6) is 11.5 Å². The lowest BCUT2D eigenvalue weighted by Gasteiger charge is -2.40. The Hall–Kier alpha value is -6.01. The first-order valence-electron chi connectivity index (χ1n) is 19.6. The second-order valence-electron chi connectivity index (χ2n) is 17.6. The molecule has 2 aliphatic heterocycles. The molecule has 1 unspecified atom stereocenters. The van der Waals surface area contributed by atoms with Crippen LogP contribution in [0.15, 0.2) is 152 Å². The fourth-order valence-corrected chi connectivity index (χ4v) is 8.93. The zero-order valence-electron chi connectivity index (χ0n) is 33.2. The number of para-hydroxylation sites is 3. The van der Waals surface area contributed by atoms with Crippen LogP contribution in [0, 0.1) is 13.6 Å². The number of aryl methyl sites for hydroxylation is 1. The van der Waals surface area contributed by atoms with Gasteiger partial charge in [0.05, 0.1) is 11.0 Å². The Bertz CT molecular complexity index is 2860. The van der Waals surface area contributed by atoms with Crippen LogP contribution in [-0.2, 0) is 10.8 Å². The van der Waals surface area contributed by atoms with Gasteiger partial charge in [-0.15, -0.1) is 0 Å². The van der Waals surface area contributed by atoms with Gasteiger partial charge in [0.25, 0.3) is 0 Å². The third kappa shape index (κ3) is 5.04. The number of nitrogens with zero attached hydrogens (tertiary/aromatic N) is 4. The van der Waals surface area contributed by atoms with E-state index in [2.05, 4.69) is 205 Å².